The molecule has 1 aliphatic heterocycles. The molecule has 0 spiro atoms. The van der Waals surface area contributed by atoms with Gasteiger partial charge in [0.25, 0.3) is 0 Å². The lowest BCUT2D eigenvalue weighted by Gasteiger charge is -2.26. The van der Waals surface area contributed by atoms with Gasteiger partial charge in [0.2, 0.25) is 0 Å². The van der Waals surface area contributed by atoms with Crippen LogP contribution >= 0.6 is 12.4 Å². The van der Waals surface area contributed by atoms with Crippen LogP contribution in [0.5, 0.6) is 5.75 Å². The van der Waals surface area contributed by atoms with Gasteiger partial charge >= 0.3 is 0 Å². The van der Waals surface area contributed by atoms with E-state index in [2.05, 4.69) is 4.90 Å². The number of benzene rings is 2. The van der Waals surface area contributed by atoms with Gasteiger partial charge in [-0.2, -0.15) is 0 Å². The highest BCUT2D eigenvalue weighted by Gasteiger charge is 2.11. The second kappa shape index (κ2) is 11.3. The Bertz CT molecular complexity index is 897. The molecule has 158 valence electrons. The fourth-order valence-electron chi connectivity index (χ4n) is 2.89. The van der Waals surface area contributed by atoms with Crippen molar-refractivity contribution in [2.75, 3.05) is 39.5 Å². The van der Waals surface area contributed by atoms with Crippen LogP contribution in [0.2, 0.25) is 0 Å². The Kier molecular flexibility index (Phi) is 9.10. The molecule has 0 saturated carbocycles. The van der Waals surface area contributed by atoms with E-state index >= 15 is 0 Å². The van der Waals surface area contributed by atoms with Crippen molar-refractivity contribution >= 4 is 28.3 Å². The van der Waals surface area contributed by atoms with E-state index in [0.29, 0.717) is 17.9 Å². The molecule has 0 bridgehead atoms. The van der Waals surface area contributed by atoms with Crippen molar-refractivity contribution in [3.63, 3.8) is 0 Å². The molecule has 0 amide bonds. The van der Waals surface area contributed by atoms with Gasteiger partial charge in [0.15, 0.2) is 9.84 Å². The summed E-state index contributed by atoms with van der Waals surface area (Å²) in [5.41, 5.74) is 0.490. The molecule has 2 aromatic rings. The Hall–Kier alpha value is -1.93. The second-order valence-corrected chi connectivity index (χ2v) is 8.36. The van der Waals surface area contributed by atoms with E-state index in [1.54, 1.807) is 18.2 Å². The average Bonchev–Trinajstić information content (AvgIpc) is 2.71. The molecule has 2 aromatic carbocycles. The third kappa shape index (κ3) is 7.44. The van der Waals surface area contributed by atoms with Gasteiger partial charge in [0.1, 0.15) is 11.6 Å². The van der Waals surface area contributed by atoms with Crippen LogP contribution in [0, 0.1) is 5.82 Å². The van der Waals surface area contributed by atoms with Crippen LogP contribution < -0.4 is 4.74 Å². The maximum Gasteiger partial charge on any atom is 0.199 e. The van der Waals surface area contributed by atoms with Gasteiger partial charge in [-0.05, 0) is 54.5 Å². The monoisotopic (exact) mass is 441 g/mol. The van der Waals surface area contributed by atoms with E-state index in [-0.39, 0.29) is 17.3 Å². The van der Waals surface area contributed by atoms with Crippen molar-refractivity contribution in [2.24, 2.45) is 0 Å². The maximum absolute atomic E-state index is 13.2. The smallest absolute Gasteiger partial charge is 0.199 e. The Labute approximate surface area is 177 Å². The molecule has 0 atom stereocenters. The molecule has 0 aromatic heterocycles. The first-order valence-corrected chi connectivity index (χ1v) is 10.8. The van der Waals surface area contributed by atoms with Gasteiger partial charge in [-0.1, -0.05) is 12.1 Å². The molecule has 8 heteroatoms. The summed E-state index contributed by atoms with van der Waals surface area (Å²) in [7, 11) is -3.60. The lowest BCUT2D eigenvalue weighted by molar-refractivity contribution is 0.0358. The highest BCUT2D eigenvalue weighted by Crippen LogP contribution is 2.19. The summed E-state index contributed by atoms with van der Waals surface area (Å²) in [5.74, 6) is 0.227. The zero-order chi connectivity index (χ0) is 19.8. The third-order valence-electron chi connectivity index (χ3n) is 4.43. The van der Waals surface area contributed by atoms with Crippen molar-refractivity contribution < 1.29 is 22.3 Å². The minimum absolute atomic E-state index is 0. The summed E-state index contributed by atoms with van der Waals surface area (Å²) in [6.07, 6.45) is 2.28. The Morgan fingerprint density at radius 1 is 1.10 bits per heavy atom. The number of nitrogens with zero attached hydrogens (tertiary/aromatic N) is 1. The Morgan fingerprint density at radius 3 is 2.52 bits per heavy atom. The average molecular weight is 442 g/mol. The number of morpholine rings is 1. The van der Waals surface area contributed by atoms with E-state index in [9.17, 15) is 12.8 Å². The van der Waals surface area contributed by atoms with Crippen molar-refractivity contribution in [1.29, 1.82) is 0 Å². The van der Waals surface area contributed by atoms with Gasteiger partial charge in [-0.25, -0.2) is 12.8 Å². The zero-order valence-electron chi connectivity index (χ0n) is 16.0. The molecule has 1 fully saturated rings. The van der Waals surface area contributed by atoms with Crippen LogP contribution in [-0.4, -0.2) is 52.8 Å². The lowest BCUT2D eigenvalue weighted by Crippen LogP contribution is -2.37. The van der Waals surface area contributed by atoms with Gasteiger partial charge < -0.3 is 9.47 Å². The largest absolute Gasteiger partial charge is 0.494 e. The van der Waals surface area contributed by atoms with Crippen LogP contribution in [-0.2, 0) is 14.6 Å². The molecule has 29 heavy (non-hydrogen) atoms. The normalized spacial score (nSPS) is 15.2. The van der Waals surface area contributed by atoms with Crippen LogP contribution in [0.4, 0.5) is 4.39 Å². The van der Waals surface area contributed by atoms with Crippen LogP contribution in [0.15, 0.2) is 58.8 Å². The molecule has 0 unspecified atom stereocenters. The Balaban J connectivity index is 0.00000300. The summed E-state index contributed by atoms with van der Waals surface area (Å²) in [6.45, 7) is 5.00. The summed E-state index contributed by atoms with van der Waals surface area (Å²) >= 11 is 0. The molecule has 1 aliphatic rings. The number of rotatable bonds is 8. The SMILES string of the molecule is Cl.O=S(=O)(/C=C/c1cccc(F)c1)c1ccc(OCCCN2CCOCC2)cc1. The predicted molar refractivity (Wildman–Crippen MR) is 114 cm³/mol. The van der Waals surface area contributed by atoms with E-state index in [1.165, 1.54) is 36.4 Å². The lowest BCUT2D eigenvalue weighted by atomic mass is 10.2. The van der Waals surface area contributed by atoms with E-state index in [4.69, 9.17) is 9.47 Å². The minimum atomic E-state index is -3.60. The van der Waals surface area contributed by atoms with Crippen molar-refractivity contribution in [2.45, 2.75) is 11.3 Å². The quantitative estimate of drug-likeness (QED) is 0.583. The first-order valence-electron chi connectivity index (χ1n) is 9.25. The summed E-state index contributed by atoms with van der Waals surface area (Å²) in [5, 5.41) is 1.08. The second-order valence-electron chi connectivity index (χ2n) is 6.53. The van der Waals surface area contributed by atoms with Crippen LogP contribution in [0.3, 0.4) is 0 Å². The molecule has 3 rings (SSSR count). The van der Waals surface area contributed by atoms with Gasteiger partial charge in [0, 0.05) is 25.0 Å². The van der Waals surface area contributed by atoms with Crippen LogP contribution in [0.1, 0.15) is 12.0 Å². The van der Waals surface area contributed by atoms with Crippen molar-refractivity contribution in [1.82, 2.24) is 4.90 Å². The molecule has 1 heterocycles. The third-order valence-corrected chi connectivity index (χ3v) is 5.86. The molecule has 1 saturated heterocycles. The first-order chi connectivity index (χ1) is 13.5. The molecule has 0 aliphatic carbocycles. The fourth-order valence-corrected chi connectivity index (χ4v) is 3.89. The first kappa shape index (κ1) is 23.3. The van der Waals surface area contributed by atoms with Crippen molar-refractivity contribution in [3.05, 3.63) is 65.3 Å². The van der Waals surface area contributed by atoms with Gasteiger partial charge in [-0.15, -0.1) is 12.4 Å². The molecular formula is C21H25ClFNO4S. The number of sulfone groups is 1. The molecule has 0 N–H and O–H groups in total. The van der Waals surface area contributed by atoms with Crippen molar-refractivity contribution in [3.8, 4) is 5.75 Å². The standard InChI is InChI=1S/C21H24FNO4S.ClH/c22-19-4-1-3-18(17-19)9-16-28(24,25)21-7-5-20(6-8-21)27-13-2-10-23-11-14-26-15-12-23;/h1,3-9,16-17H,2,10-15H2;1H/b16-9+;. The zero-order valence-corrected chi connectivity index (χ0v) is 17.6. The summed E-state index contributed by atoms with van der Waals surface area (Å²) < 4.78 is 49.0. The van der Waals surface area contributed by atoms with E-state index < -0.39 is 15.7 Å². The summed E-state index contributed by atoms with van der Waals surface area (Å²) in [6, 6.07) is 12.1. The number of hydrogen-bond donors (Lipinski definition) is 0. The minimum Gasteiger partial charge on any atom is -0.494 e. The maximum atomic E-state index is 13.2. The topological polar surface area (TPSA) is 55.8 Å². The molecular weight excluding hydrogens is 417 g/mol. The summed E-state index contributed by atoms with van der Waals surface area (Å²) in [4.78, 5) is 2.51. The highest BCUT2D eigenvalue weighted by molar-refractivity contribution is 7.94. The fraction of sp³-hybridized carbons (Fsp3) is 0.333. The van der Waals surface area contributed by atoms with E-state index in [1.807, 2.05) is 0 Å². The number of hydrogen-bond acceptors (Lipinski definition) is 5. The number of ether oxygens (including phenoxy) is 2. The van der Waals surface area contributed by atoms with E-state index in [0.717, 1.165) is 44.7 Å². The van der Waals surface area contributed by atoms with Gasteiger partial charge in [-0.3, -0.25) is 4.90 Å². The molecule has 5 nitrogen and oxygen atoms in total. The number of halogens is 2. The molecule has 0 radical (unpaired) electrons. The van der Waals surface area contributed by atoms with Gasteiger partial charge in [0.05, 0.1) is 24.7 Å². The highest BCUT2D eigenvalue weighted by atomic mass is 35.5. The Morgan fingerprint density at radius 2 is 1.83 bits per heavy atom. The van der Waals surface area contributed by atoms with Crippen LogP contribution in [0.25, 0.3) is 6.08 Å². The predicted octanol–water partition coefficient (Wildman–Crippen LogP) is 3.79.